The van der Waals surface area contributed by atoms with Gasteiger partial charge in [-0.3, -0.25) is 19.2 Å². The molecule has 0 atom stereocenters. The van der Waals surface area contributed by atoms with Gasteiger partial charge in [0, 0.05) is 29.4 Å². The average molecular weight is 815 g/mol. The van der Waals surface area contributed by atoms with Crippen LogP contribution in [-0.2, 0) is 31.2 Å². The smallest absolute Gasteiger partial charge is 0.266 e. The SMILES string of the molecule is Cc1ccc(C(=O)Nc2sc(S(=O)(=O)c3cccc(-c4cccc(CN(C)S(=O)(=O)c5cc(C(N)=O)c(NC(=O)C(C)(C)C)s5)c4)n3)cc2C(N)=O)s1. The van der Waals surface area contributed by atoms with Crippen LogP contribution in [0, 0.1) is 12.3 Å². The monoisotopic (exact) mass is 814 g/mol. The Morgan fingerprint density at radius 3 is 2.00 bits per heavy atom. The second-order valence-electron chi connectivity index (χ2n) is 12.7. The van der Waals surface area contributed by atoms with E-state index in [1.165, 1.54) is 30.5 Å². The summed E-state index contributed by atoms with van der Waals surface area (Å²) in [5.74, 6) is -2.77. The minimum atomic E-state index is -4.30. The maximum atomic E-state index is 13.8. The molecule has 6 N–H and O–H groups in total. The van der Waals surface area contributed by atoms with Gasteiger partial charge in [0.25, 0.3) is 27.7 Å². The molecular weight excluding hydrogens is 781 g/mol. The molecule has 5 aromatic rings. The fourth-order valence-electron chi connectivity index (χ4n) is 4.71. The summed E-state index contributed by atoms with van der Waals surface area (Å²) in [7, 11) is -7.11. The van der Waals surface area contributed by atoms with Crippen LogP contribution in [-0.4, -0.2) is 56.8 Å². The highest BCUT2D eigenvalue weighted by molar-refractivity contribution is 7.93. The molecule has 0 bridgehead atoms. The molecule has 0 spiro atoms. The molecular formula is C34H34N6O8S5. The van der Waals surface area contributed by atoms with Crippen molar-refractivity contribution in [1.29, 1.82) is 0 Å². The van der Waals surface area contributed by atoms with Gasteiger partial charge in [-0.1, -0.05) is 45.0 Å². The number of sulfonamides is 1. The number of hydrogen-bond acceptors (Lipinski definition) is 12. The standard InChI is InChI=1S/C34H34N6O8S5/c1-18-12-13-24(49-18)30(43)38-31-21(28(35)41)15-26(50-31)52(45,46)25-11-7-10-23(37-25)20-9-6-8-19(14-20)17-40(5)53(47,48)27-16-22(29(36)42)32(51-27)39-33(44)34(2,3)4/h6-16H,17H2,1-5H3,(H2,35,41)(H2,36,42)(H,38,43)(H,39,44). The van der Waals surface area contributed by atoms with Crippen molar-refractivity contribution in [1.82, 2.24) is 9.29 Å². The molecule has 1 aromatic carbocycles. The van der Waals surface area contributed by atoms with Gasteiger partial charge in [0.15, 0.2) is 5.03 Å². The lowest BCUT2D eigenvalue weighted by molar-refractivity contribution is -0.123. The van der Waals surface area contributed by atoms with E-state index in [0.717, 1.165) is 21.3 Å². The van der Waals surface area contributed by atoms with Gasteiger partial charge in [-0.15, -0.1) is 34.0 Å². The number of nitrogens with one attached hydrogen (secondary N) is 2. The van der Waals surface area contributed by atoms with Crippen molar-refractivity contribution in [3.63, 3.8) is 0 Å². The van der Waals surface area contributed by atoms with E-state index >= 15 is 0 Å². The van der Waals surface area contributed by atoms with Crippen molar-refractivity contribution >= 4 is 87.5 Å². The second kappa shape index (κ2) is 14.9. The Bertz CT molecular complexity index is 2490. The minimum Gasteiger partial charge on any atom is -0.366 e. The minimum absolute atomic E-state index is 0.0191. The lowest BCUT2D eigenvalue weighted by Gasteiger charge is -2.17. The lowest BCUT2D eigenvalue weighted by Crippen LogP contribution is -2.28. The summed E-state index contributed by atoms with van der Waals surface area (Å²) in [6.45, 7) is 6.71. The Kier molecular flexibility index (Phi) is 11.1. The van der Waals surface area contributed by atoms with Crippen molar-refractivity contribution in [2.24, 2.45) is 16.9 Å². The molecule has 0 radical (unpaired) electrons. The van der Waals surface area contributed by atoms with Crippen molar-refractivity contribution in [2.45, 2.75) is 47.7 Å². The summed E-state index contributed by atoms with van der Waals surface area (Å²) < 4.78 is 55.3. The maximum absolute atomic E-state index is 13.8. The number of primary amides is 2. The predicted molar refractivity (Wildman–Crippen MR) is 205 cm³/mol. The van der Waals surface area contributed by atoms with Crippen LogP contribution in [0.2, 0.25) is 0 Å². The molecule has 53 heavy (non-hydrogen) atoms. The molecule has 0 fully saturated rings. The zero-order chi connectivity index (χ0) is 39.0. The summed E-state index contributed by atoms with van der Waals surface area (Å²) in [5.41, 5.74) is 11.2. The van der Waals surface area contributed by atoms with Crippen LogP contribution >= 0.6 is 34.0 Å². The van der Waals surface area contributed by atoms with Gasteiger partial charge >= 0.3 is 0 Å². The summed E-state index contributed by atoms with van der Waals surface area (Å²) in [5, 5.41) is 4.86. The first-order chi connectivity index (χ1) is 24.7. The Hall–Kier alpha value is -4.79. The molecule has 19 heteroatoms. The Labute approximate surface area is 317 Å². The molecule has 0 saturated carbocycles. The molecule has 0 aliphatic carbocycles. The van der Waals surface area contributed by atoms with Crippen LogP contribution in [0.1, 0.15) is 61.6 Å². The summed E-state index contributed by atoms with van der Waals surface area (Å²) in [6, 6.07) is 16.6. The molecule has 0 unspecified atom stereocenters. The zero-order valence-corrected chi connectivity index (χ0v) is 33.0. The number of hydrogen-bond donors (Lipinski definition) is 4. The number of aromatic nitrogens is 1. The molecule has 0 saturated heterocycles. The lowest BCUT2D eigenvalue weighted by atomic mass is 9.96. The number of carbonyl (C=O) groups excluding carboxylic acids is 4. The highest BCUT2D eigenvalue weighted by Gasteiger charge is 2.30. The Morgan fingerprint density at radius 1 is 0.792 bits per heavy atom. The third-order valence-corrected chi connectivity index (χ3v) is 15.1. The first-order valence-corrected chi connectivity index (χ1v) is 20.9. The summed E-state index contributed by atoms with van der Waals surface area (Å²) in [4.78, 5) is 55.3. The van der Waals surface area contributed by atoms with Crippen LogP contribution in [0.15, 0.2) is 80.2 Å². The van der Waals surface area contributed by atoms with E-state index in [4.69, 9.17) is 11.5 Å². The van der Waals surface area contributed by atoms with Gasteiger partial charge in [-0.2, -0.15) is 4.31 Å². The first-order valence-electron chi connectivity index (χ1n) is 15.5. The second-order valence-corrected chi connectivity index (χ2v) is 20.5. The molecule has 0 aliphatic rings. The van der Waals surface area contributed by atoms with Crippen molar-refractivity contribution < 1.29 is 36.0 Å². The number of thiophene rings is 3. The fourth-order valence-corrected chi connectivity index (χ4v) is 10.9. The number of nitrogens with two attached hydrogens (primary N) is 2. The number of rotatable bonds is 12. The number of aryl methyl sites for hydroxylation is 1. The fraction of sp³-hybridized carbons (Fsp3) is 0.206. The third kappa shape index (κ3) is 8.55. The van der Waals surface area contributed by atoms with Crippen LogP contribution in [0.4, 0.5) is 10.0 Å². The van der Waals surface area contributed by atoms with Crippen LogP contribution in [0.3, 0.4) is 0 Å². The van der Waals surface area contributed by atoms with E-state index in [1.54, 1.807) is 63.2 Å². The van der Waals surface area contributed by atoms with Gasteiger partial charge in [0.1, 0.15) is 18.4 Å². The molecule has 14 nitrogen and oxygen atoms in total. The van der Waals surface area contributed by atoms with Gasteiger partial charge < -0.3 is 22.1 Å². The molecule has 278 valence electrons. The van der Waals surface area contributed by atoms with E-state index in [2.05, 4.69) is 15.6 Å². The number of anilines is 2. The number of amides is 4. The van der Waals surface area contributed by atoms with Crippen LogP contribution in [0.5, 0.6) is 0 Å². The normalized spacial score (nSPS) is 12.1. The van der Waals surface area contributed by atoms with Crippen molar-refractivity contribution in [3.8, 4) is 11.3 Å². The Morgan fingerprint density at radius 2 is 1.40 bits per heavy atom. The largest absolute Gasteiger partial charge is 0.366 e. The quantitative estimate of drug-likeness (QED) is 0.127. The zero-order valence-electron chi connectivity index (χ0n) is 28.9. The van der Waals surface area contributed by atoms with Gasteiger partial charge in [-0.25, -0.2) is 21.8 Å². The molecule has 4 amide bonds. The van der Waals surface area contributed by atoms with Gasteiger partial charge in [0.2, 0.25) is 15.7 Å². The third-order valence-electron chi connectivity index (χ3n) is 7.61. The number of benzene rings is 1. The van der Waals surface area contributed by atoms with E-state index in [9.17, 15) is 36.0 Å². The van der Waals surface area contributed by atoms with E-state index in [1.807, 2.05) is 6.92 Å². The number of nitrogens with zero attached hydrogens (tertiary/aromatic N) is 2. The number of carbonyl (C=O) groups is 4. The Balaban J connectivity index is 1.39. The molecule has 0 aliphatic heterocycles. The van der Waals surface area contributed by atoms with Crippen LogP contribution in [0.25, 0.3) is 11.3 Å². The average Bonchev–Trinajstić information content (AvgIpc) is 3.83. The molecule has 4 aromatic heterocycles. The molecule has 5 rings (SSSR count). The first kappa shape index (κ1) is 39.4. The highest BCUT2D eigenvalue weighted by Crippen LogP contribution is 2.36. The van der Waals surface area contributed by atoms with Gasteiger partial charge in [0.05, 0.1) is 21.7 Å². The predicted octanol–water partition coefficient (Wildman–Crippen LogP) is 5.33. The maximum Gasteiger partial charge on any atom is 0.266 e. The van der Waals surface area contributed by atoms with E-state index in [0.29, 0.717) is 38.7 Å². The number of pyridine rings is 1. The van der Waals surface area contributed by atoms with E-state index < -0.39 is 48.9 Å². The van der Waals surface area contributed by atoms with E-state index in [-0.39, 0.29) is 46.8 Å². The molecule has 4 heterocycles. The number of sulfone groups is 1. The summed E-state index contributed by atoms with van der Waals surface area (Å²) in [6.07, 6.45) is 0. The highest BCUT2D eigenvalue weighted by atomic mass is 32.2. The van der Waals surface area contributed by atoms with Crippen molar-refractivity contribution in [3.05, 3.63) is 93.2 Å². The van der Waals surface area contributed by atoms with Crippen molar-refractivity contribution in [2.75, 3.05) is 17.7 Å². The van der Waals surface area contributed by atoms with Crippen LogP contribution < -0.4 is 22.1 Å². The summed E-state index contributed by atoms with van der Waals surface area (Å²) >= 11 is 2.62. The topological polar surface area (TPSA) is 229 Å². The van der Waals surface area contributed by atoms with Gasteiger partial charge in [-0.05, 0) is 55.0 Å².